The number of rotatable bonds is 8. The van der Waals surface area contributed by atoms with Crippen LogP contribution in [0.1, 0.15) is 31.4 Å². The third kappa shape index (κ3) is 5.27. The van der Waals surface area contributed by atoms with Crippen LogP contribution in [0.3, 0.4) is 0 Å². The molecule has 0 saturated carbocycles. The van der Waals surface area contributed by atoms with Gasteiger partial charge >= 0.3 is 11.9 Å². The van der Waals surface area contributed by atoms with Gasteiger partial charge in [-0.3, -0.25) is 9.59 Å². The number of ether oxygens (including phenoxy) is 3. The maximum absolute atomic E-state index is 12.6. The Morgan fingerprint density at radius 2 is 1.97 bits per heavy atom. The number of aromatic nitrogens is 2. The van der Waals surface area contributed by atoms with Crippen LogP contribution in [0.2, 0.25) is 0 Å². The Kier molecular flexibility index (Phi) is 7.73. The first-order chi connectivity index (χ1) is 15.1. The SMILES string of the molecule is CCOC(=O)[C@H]1CCCN(c2nc3ccccc3nc2[C@H](C#N)C(=O)OCCOC)C1. The second-order valence-corrected chi connectivity index (χ2v) is 7.18. The van der Waals surface area contributed by atoms with Crippen molar-refractivity contribution < 1.29 is 23.8 Å². The molecule has 0 bridgehead atoms. The fourth-order valence-electron chi connectivity index (χ4n) is 3.59. The molecule has 1 aromatic carbocycles. The van der Waals surface area contributed by atoms with Gasteiger partial charge in [-0.2, -0.15) is 5.26 Å². The lowest BCUT2D eigenvalue weighted by atomic mass is 9.97. The highest BCUT2D eigenvalue weighted by Crippen LogP contribution is 2.31. The summed E-state index contributed by atoms with van der Waals surface area (Å²) in [7, 11) is 1.50. The molecule has 2 atom stereocenters. The number of hydrogen-bond acceptors (Lipinski definition) is 9. The number of anilines is 1. The number of piperidine rings is 1. The summed E-state index contributed by atoms with van der Waals surface area (Å²) in [5.41, 5.74) is 1.45. The number of nitriles is 1. The summed E-state index contributed by atoms with van der Waals surface area (Å²) in [6, 6.07) is 9.27. The topological polar surface area (TPSA) is 115 Å². The summed E-state index contributed by atoms with van der Waals surface area (Å²) in [5, 5.41) is 9.77. The molecule has 0 radical (unpaired) electrons. The van der Waals surface area contributed by atoms with Gasteiger partial charge in [0.25, 0.3) is 0 Å². The lowest BCUT2D eigenvalue weighted by Crippen LogP contribution is -2.40. The van der Waals surface area contributed by atoms with Crippen LogP contribution in [0.25, 0.3) is 11.0 Å². The van der Waals surface area contributed by atoms with Crippen LogP contribution in [0.4, 0.5) is 5.82 Å². The largest absolute Gasteiger partial charge is 0.466 e. The third-order valence-corrected chi connectivity index (χ3v) is 5.09. The van der Waals surface area contributed by atoms with Gasteiger partial charge in [0.05, 0.1) is 36.2 Å². The van der Waals surface area contributed by atoms with Crippen LogP contribution in [-0.4, -0.2) is 61.9 Å². The normalized spacial score (nSPS) is 17.1. The molecule has 1 aromatic heterocycles. The molecular formula is C22H26N4O5. The van der Waals surface area contributed by atoms with Crippen LogP contribution in [-0.2, 0) is 23.8 Å². The average Bonchev–Trinajstić information content (AvgIpc) is 2.79. The van der Waals surface area contributed by atoms with Gasteiger partial charge in [0.1, 0.15) is 12.3 Å². The summed E-state index contributed by atoms with van der Waals surface area (Å²) in [6.45, 7) is 3.38. The molecule has 0 N–H and O–H groups in total. The molecule has 9 nitrogen and oxygen atoms in total. The summed E-state index contributed by atoms with van der Waals surface area (Å²) in [5.74, 6) is -2.08. The van der Waals surface area contributed by atoms with E-state index < -0.39 is 11.9 Å². The van der Waals surface area contributed by atoms with Gasteiger partial charge in [0, 0.05) is 20.2 Å². The highest BCUT2D eigenvalue weighted by atomic mass is 16.6. The van der Waals surface area contributed by atoms with Crippen LogP contribution in [0.5, 0.6) is 0 Å². The van der Waals surface area contributed by atoms with Gasteiger partial charge in [-0.1, -0.05) is 12.1 Å². The maximum Gasteiger partial charge on any atom is 0.329 e. The van der Waals surface area contributed by atoms with Crippen molar-refractivity contribution in [1.82, 2.24) is 9.97 Å². The van der Waals surface area contributed by atoms with Crippen molar-refractivity contribution in [1.29, 1.82) is 5.26 Å². The molecule has 0 aliphatic carbocycles. The van der Waals surface area contributed by atoms with Crippen molar-refractivity contribution in [2.45, 2.75) is 25.7 Å². The zero-order chi connectivity index (χ0) is 22.2. The molecule has 0 amide bonds. The van der Waals surface area contributed by atoms with E-state index in [2.05, 4.69) is 4.98 Å². The standard InChI is InChI=1S/C22H26N4O5/c1-3-30-21(27)15-7-6-10-26(14-15)20-19(16(13-23)22(28)31-12-11-29-2)24-17-8-4-5-9-18(17)25-20/h4-5,8-9,15-16H,3,6-7,10-12,14H2,1-2H3/t15-,16-/m0/s1. The first kappa shape index (κ1) is 22.4. The average molecular weight is 426 g/mol. The first-order valence-corrected chi connectivity index (χ1v) is 10.3. The smallest absolute Gasteiger partial charge is 0.329 e. The monoisotopic (exact) mass is 426 g/mol. The van der Waals surface area contributed by atoms with E-state index >= 15 is 0 Å². The minimum atomic E-state index is -1.24. The second-order valence-electron chi connectivity index (χ2n) is 7.18. The van der Waals surface area contributed by atoms with Gasteiger partial charge in [-0.15, -0.1) is 0 Å². The molecule has 9 heteroatoms. The predicted molar refractivity (Wildman–Crippen MR) is 112 cm³/mol. The number of nitrogens with zero attached hydrogens (tertiary/aromatic N) is 4. The van der Waals surface area contributed by atoms with E-state index in [1.54, 1.807) is 13.0 Å². The molecule has 1 fully saturated rings. The van der Waals surface area contributed by atoms with E-state index in [1.807, 2.05) is 29.2 Å². The first-order valence-electron chi connectivity index (χ1n) is 10.3. The van der Waals surface area contributed by atoms with Gasteiger partial charge in [-0.05, 0) is 31.9 Å². The lowest BCUT2D eigenvalue weighted by Gasteiger charge is -2.33. The number of benzene rings is 1. The Hall–Kier alpha value is -3.25. The van der Waals surface area contributed by atoms with Gasteiger partial charge in [0.2, 0.25) is 0 Å². The van der Waals surface area contributed by atoms with E-state index in [1.165, 1.54) is 7.11 Å². The fourth-order valence-corrected chi connectivity index (χ4v) is 3.59. The highest BCUT2D eigenvalue weighted by molar-refractivity contribution is 5.85. The Bertz CT molecular complexity index is 974. The maximum atomic E-state index is 12.6. The number of carbonyl (C=O) groups is 2. The number of fused-ring (bicyclic) bond motifs is 1. The molecule has 31 heavy (non-hydrogen) atoms. The molecule has 164 valence electrons. The van der Waals surface area contributed by atoms with Crippen LogP contribution in [0, 0.1) is 17.2 Å². The lowest BCUT2D eigenvalue weighted by molar-refractivity contribution is -0.148. The Labute approximate surface area is 180 Å². The van der Waals surface area contributed by atoms with Gasteiger partial charge < -0.3 is 19.1 Å². The third-order valence-electron chi connectivity index (χ3n) is 5.09. The van der Waals surface area contributed by atoms with Crippen molar-refractivity contribution in [3.05, 3.63) is 30.0 Å². The van der Waals surface area contributed by atoms with E-state index in [0.717, 1.165) is 6.42 Å². The van der Waals surface area contributed by atoms with Crippen LogP contribution in [0.15, 0.2) is 24.3 Å². The molecular weight excluding hydrogens is 400 g/mol. The summed E-state index contributed by atoms with van der Waals surface area (Å²) in [6.07, 6.45) is 1.47. The molecule has 0 unspecified atom stereocenters. The minimum Gasteiger partial charge on any atom is -0.466 e. The zero-order valence-corrected chi connectivity index (χ0v) is 17.7. The number of hydrogen-bond donors (Lipinski definition) is 0. The van der Waals surface area contributed by atoms with E-state index in [0.29, 0.717) is 43.0 Å². The van der Waals surface area contributed by atoms with E-state index in [-0.39, 0.29) is 30.8 Å². The molecule has 3 rings (SSSR count). The number of carbonyl (C=O) groups excluding carboxylic acids is 2. The van der Waals surface area contributed by atoms with Gasteiger partial charge in [0.15, 0.2) is 11.7 Å². The van der Waals surface area contributed by atoms with E-state index in [4.69, 9.17) is 19.2 Å². The fraction of sp³-hybridized carbons (Fsp3) is 0.500. The Morgan fingerprint density at radius 3 is 2.65 bits per heavy atom. The summed E-state index contributed by atoms with van der Waals surface area (Å²) >= 11 is 0. The number of para-hydroxylation sites is 2. The minimum absolute atomic E-state index is 0.0402. The summed E-state index contributed by atoms with van der Waals surface area (Å²) < 4.78 is 15.3. The second kappa shape index (κ2) is 10.7. The Morgan fingerprint density at radius 1 is 1.23 bits per heavy atom. The quantitative estimate of drug-likeness (QED) is 0.463. The molecule has 2 heterocycles. The van der Waals surface area contributed by atoms with E-state index in [9.17, 15) is 14.9 Å². The van der Waals surface area contributed by atoms with Gasteiger partial charge in [-0.25, -0.2) is 9.97 Å². The molecule has 1 saturated heterocycles. The predicted octanol–water partition coefficient (Wildman–Crippen LogP) is 2.21. The number of methoxy groups -OCH3 is 1. The molecule has 0 spiro atoms. The van der Waals surface area contributed by atoms with Crippen molar-refractivity contribution in [2.75, 3.05) is 44.9 Å². The van der Waals surface area contributed by atoms with Crippen LogP contribution >= 0.6 is 0 Å². The Balaban J connectivity index is 1.98. The van der Waals surface area contributed by atoms with Crippen molar-refractivity contribution >= 4 is 28.8 Å². The molecule has 1 aliphatic heterocycles. The van der Waals surface area contributed by atoms with Crippen LogP contribution < -0.4 is 4.90 Å². The number of esters is 2. The van der Waals surface area contributed by atoms with Crippen molar-refractivity contribution in [2.24, 2.45) is 5.92 Å². The highest BCUT2D eigenvalue weighted by Gasteiger charge is 2.33. The molecule has 1 aliphatic rings. The van der Waals surface area contributed by atoms with Crippen molar-refractivity contribution in [3.63, 3.8) is 0 Å². The van der Waals surface area contributed by atoms with Crippen molar-refractivity contribution in [3.8, 4) is 6.07 Å². The molecule has 2 aromatic rings. The summed E-state index contributed by atoms with van der Waals surface area (Å²) in [4.78, 5) is 36.1. The zero-order valence-electron chi connectivity index (χ0n) is 17.7.